The van der Waals surface area contributed by atoms with E-state index in [-0.39, 0.29) is 23.7 Å². The van der Waals surface area contributed by atoms with Crippen LogP contribution in [0.5, 0.6) is 0 Å². The molecule has 182 valence electrons. The quantitative estimate of drug-likeness (QED) is 0.547. The Morgan fingerprint density at radius 3 is 2.80 bits per heavy atom. The number of ether oxygens (including phenoxy) is 2. The van der Waals surface area contributed by atoms with Gasteiger partial charge in [0.05, 0.1) is 38.6 Å². The first-order valence-electron chi connectivity index (χ1n) is 11.7. The molecular formula is C26H29N5O4. The van der Waals surface area contributed by atoms with E-state index in [2.05, 4.69) is 52.6 Å². The van der Waals surface area contributed by atoms with Crippen LogP contribution in [0.3, 0.4) is 0 Å². The van der Waals surface area contributed by atoms with Crippen LogP contribution in [0, 0.1) is 13.8 Å². The zero-order chi connectivity index (χ0) is 24.5. The van der Waals surface area contributed by atoms with E-state index in [4.69, 9.17) is 9.47 Å². The van der Waals surface area contributed by atoms with Gasteiger partial charge in [-0.2, -0.15) is 0 Å². The van der Waals surface area contributed by atoms with Crippen molar-refractivity contribution in [3.8, 4) is 0 Å². The van der Waals surface area contributed by atoms with E-state index in [1.165, 1.54) is 23.8 Å². The molecule has 3 heterocycles. The summed E-state index contributed by atoms with van der Waals surface area (Å²) in [5.74, 6) is -0.596. The Balaban J connectivity index is 1.39. The average Bonchev–Trinajstić information content (AvgIpc) is 3.60. The molecule has 2 aliphatic rings. The summed E-state index contributed by atoms with van der Waals surface area (Å²) in [6.45, 7) is 6.58. The Hall–Kier alpha value is -3.56. The SMILES string of the molecule is COC(=O)c1cn([C@@H]2C[C@@H](C(=O)Nc3ccc4c(c3)COC4)N(Cc3cc(C)ccc3C)C2)nn1. The molecule has 9 heteroatoms. The van der Waals surface area contributed by atoms with E-state index in [1.807, 2.05) is 18.2 Å². The molecular weight excluding hydrogens is 446 g/mol. The topological polar surface area (TPSA) is 98.6 Å². The Bertz CT molecular complexity index is 1270. The second-order valence-corrected chi connectivity index (χ2v) is 9.31. The van der Waals surface area contributed by atoms with Gasteiger partial charge in [-0.25, -0.2) is 9.48 Å². The van der Waals surface area contributed by atoms with Gasteiger partial charge in [-0.05, 0) is 54.7 Å². The van der Waals surface area contributed by atoms with Crippen LogP contribution in [0.25, 0.3) is 0 Å². The molecule has 1 aromatic heterocycles. The number of methoxy groups -OCH3 is 1. The van der Waals surface area contributed by atoms with Crippen LogP contribution >= 0.6 is 0 Å². The van der Waals surface area contributed by atoms with Gasteiger partial charge in [-0.15, -0.1) is 5.10 Å². The summed E-state index contributed by atoms with van der Waals surface area (Å²) >= 11 is 0. The highest BCUT2D eigenvalue weighted by molar-refractivity contribution is 5.95. The third-order valence-electron chi connectivity index (χ3n) is 6.83. The molecule has 2 aromatic carbocycles. The maximum absolute atomic E-state index is 13.5. The van der Waals surface area contributed by atoms with Crippen LogP contribution in [0.2, 0.25) is 0 Å². The zero-order valence-corrected chi connectivity index (χ0v) is 20.2. The fourth-order valence-electron chi connectivity index (χ4n) is 4.84. The maximum Gasteiger partial charge on any atom is 0.360 e. The van der Waals surface area contributed by atoms with Crippen LogP contribution in [0.4, 0.5) is 5.69 Å². The Morgan fingerprint density at radius 1 is 1.14 bits per heavy atom. The van der Waals surface area contributed by atoms with Crippen LogP contribution < -0.4 is 5.32 Å². The first-order chi connectivity index (χ1) is 16.9. The van der Waals surface area contributed by atoms with Crippen LogP contribution in [0.15, 0.2) is 42.6 Å². The molecule has 0 radical (unpaired) electrons. The van der Waals surface area contributed by atoms with Gasteiger partial charge >= 0.3 is 5.97 Å². The second-order valence-electron chi connectivity index (χ2n) is 9.31. The second kappa shape index (κ2) is 9.59. The van der Waals surface area contributed by atoms with E-state index in [0.717, 1.165) is 16.8 Å². The fourth-order valence-corrected chi connectivity index (χ4v) is 4.84. The highest BCUT2D eigenvalue weighted by Gasteiger charge is 2.38. The number of hydrogen-bond acceptors (Lipinski definition) is 7. The minimum atomic E-state index is -0.531. The number of aromatic nitrogens is 3. The molecule has 1 N–H and O–H groups in total. The molecule has 35 heavy (non-hydrogen) atoms. The summed E-state index contributed by atoms with van der Waals surface area (Å²) in [6.07, 6.45) is 2.14. The van der Waals surface area contributed by atoms with E-state index in [9.17, 15) is 9.59 Å². The van der Waals surface area contributed by atoms with Gasteiger partial charge in [0.15, 0.2) is 5.69 Å². The summed E-state index contributed by atoms with van der Waals surface area (Å²) in [6, 6.07) is 11.8. The highest BCUT2D eigenvalue weighted by Crippen LogP contribution is 2.31. The number of carbonyl (C=O) groups is 2. The average molecular weight is 476 g/mol. The van der Waals surface area contributed by atoms with Gasteiger partial charge in [-0.3, -0.25) is 9.69 Å². The predicted molar refractivity (Wildman–Crippen MR) is 129 cm³/mol. The molecule has 3 aromatic rings. The smallest absolute Gasteiger partial charge is 0.360 e. The molecule has 2 atom stereocenters. The number of aryl methyl sites for hydroxylation is 2. The van der Waals surface area contributed by atoms with Crippen molar-refractivity contribution in [3.63, 3.8) is 0 Å². The Kier molecular flexibility index (Phi) is 6.36. The van der Waals surface area contributed by atoms with Crippen LogP contribution in [-0.2, 0) is 34.0 Å². The van der Waals surface area contributed by atoms with Crippen molar-refractivity contribution >= 4 is 17.6 Å². The first kappa shape index (κ1) is 23.2. The summed E-state index contributed by atoms with van der Waals surface area (Å²) < 4.78 is 11.9. The Labute approximate surface area is 204 Å². The van der Waals surface area contributed by atoms with Crippen molar-refractivity contribution in [2.75, 3.05) is 19.0 Å². The van der Waals surface area contributed by atoms with Gasteiger partial charge < -0.3 is 14.8 Å². The summed E-state index contributed by atoms with van der Waals surface area (Å²) in [5, 5.41) is 11.2. The van der Waals surface area contributed by atoms with Crippen molar-refractivity contribution in [2.45, 2.75) is 52.1 Å². The minimum absolute atomic E-state index is 0.0648. The molecule has 2 aliphatic heterocycles. The standard InChI is InChI=1S/C26H29N5O4/c1-16-4-5-17(2)19(8-16)11-30-12-22(31-13-23(28-29-31)26(33)34-3)10-24(30)25(32)27-21-7-6-18-14-35-15-20(18)9-21/h4-9,13,22,24H,10-12,14-15H2,1-3H3,(H,27,32)/t22-,24+/m1/s1. The molecule has 1 saturated heterocycles. The van der Waals surface area contributed by atoms with Crippen molar-refractivity contribution in [1.82, 2.24) is 19.9 Å². The van der Waals surface area contributed by atoms with Crippen LogP contribution in [0.1, 0.15) is 50.8 Å². The number of esters is 1. The summed E-state index contributed by atoms with van der Waals surface area (Å²) in [7, 11) is 1.31. The number of fused-ring (bicyclic) bond motifs is 1. The number of carbonyl (C=O) groups excluding carboxylic acids is 2. The third-order valence-corrected chi connectivity index (χ3v) is 6.83. The number of benzene rings is 2. The number of hydrogen-bond donors (Lipinski definition) is 1. The number of amides is 1. The number of nitrogens with one attached hydrogen (secondary N) is 1. The molecule has 1 amide bonds. The fraction of sp³-hybridized carbons (Fsp3) is 0.385. The summed E-state index contributed by atoms with van der Waals surface area (Å²) in [5.41, 5.74) is 6.74. The lowest BCUT2D eigenvalue weighted by Gasteiger charge is -2.24. The van der Waals surface area contributed by atoms with Gasteiger partial charge in [0.2, 0.25) is 5.91 Å². The molecule has 0 spiro atoms. The van der Waals surface area contributed by atoms with E-state index in [1.54, 1.807) is 10.9 Å². The highest BCUT2D eigenvalue weighted by atomic mass is 16.5. The van der Waals surface area contributed by atoms with Gasteiger partial charge in [0.25, 0.3) is 0 Å². The van der Waals surface area contributed by atoms with Gasteiger partial charge in [0, 0.05) is 18.8 Å². The van der Waals surface area contributed by atoms with Gasteiger partial charge in [0.1, 0.15) is 0 Å². The predicted octanol–water partition coefficient (Wildman–Crippen LogP) is 3.17. The van der Waals surface area contributed by atoms with Crippen molar-refractivity contribution in [1.29, 1.82) is 0 Å². The van der Waals surface area contributed by atoms with Crippen LogP contribution in [-0.4, -0.2) is 51.5 Å². The molecule has 0 saturated carbocycles. The molecule has 0 unspecified atom stereocenters. The van der Waals surface area contributed by atoms with Crippen molar-refractivity contribution in [3.05, 3.63) is 76.1 Å². The van der Waals surface area contributed by atoms with E-state index >= 15 is 0 Å². The van der Waals surface area contributed by atoms with E-state index in [0.29, 0.717) is 32.7 Å². The minimum Gasteiger partial charge on any atom is -0.464 e. The lowest BCUT2D eigenvalue weighted by atomic mass is 10.0. The largest absolute Gasteiger partial charge is 0.464 e. The zero-order valence-electron chi connectivity index (χ0n) is 20.2. The molecule has 1 fully saturated rings. The molecule has 0 bridgehead atoms. The Morgan fingerprint density at radius 2 is 1.97 bits per heavy atom. The number of nitrogens with zero attached hydrogens (tertiary/aromatic N) is 4. The maximum atomic E-state index is 13.5. The number of anilines is 1. The first-order valence-corrected chi connectivity index (χ1v) is 11.7. The number of likely N-dealkylation sites (tertiary alicyclic amines) is 1. The lowest BCUT2D eigenvalue weighted by molar-refractivity contribution is -0.120. The molecule has 0 aliphatic carbocycles. The van der Waals surface area contributed by atoms with E-state index < -0.39 is 5.97 Å². The van der Waals surface area contributed by atoms with Crippen molar-refractivity contribution < 1.29 is 19.1 Å². The monoisotopic (exact) mass is 475 g/mol. The summed E-state index contributed by atoms with van der Waals surface area (Å²) in [4.78, 5) is 27.5. The third kappa shape index (κ3) is 4.82. The van der Waals surface area contributed by atoms with Crippen molar-refractivity contribution in [2.24, 2.45) is 0 Å². The normalized spacial score (nSPS) is 19.5. The molecule has 5 rings (SSSR count). The van der Waals surface area contributed by atoms with Gasteiger partial charge in [-0.1, -0.05) is 35.0 Å². The lowest BCUT2D eigenvalue weighted by Crippen LogP contribution is -2.39. The molecule has 9 nitrogen and oxygen atoms in total. The number of rotatable bonds is 6.